The van der Waals surface area contributed by atoms with Crippen LogP contribution in [0.4, 0.5) is 0 Å². The second kappa shape index (κ2) is 9.17. The molecular formula is C9H19P. The van der Waals surface area contributed by atoms with Crippen LogP contribution in [0.25, 0.3) is 0 Å². The molecule has 60 valence electrons. The minimum Gasteiger partial charge on any atom is -0.122 e. The van der Waals surface area contributed by atoms with Gasteiger partial charge in [-0.25, -0.2) is 0 Å². The predicted molar refractivity (Wildman–Crippen MR) is 52.4 cm³/mol. The second-order valence-electron chi connectivity index (χ2n) is 2.53. The van der Waals surface area contributed by atoms with Crippen LogP contribution in [0, 0.1) is 0 Å². The van der Waals surface area contributed by atoms with Gasteiger partial charge < -0.3 is 0 Å². The maximum absolute atomic E-state index is 3.70. The van der Waals surface area contributed by atoms with Crippen LogP contribution < -0.4 is 0 Å². The number of hydrogen-bond acceptors (Lipinski definition) is 0. The first kappa shape index (κ1) is 10.2. The summed E-state index contributed by atoms with van der Waals surface area (Å²) >= 11 is 0. The Labute approximate surface area is 66.9 Å². The Balaban J connectivity index is 2.70. The molecule has 0 radical (unpaired) electrons. The first-order valence-electron chi connectivity index (χ1n) is 4.23. The van der Waals surface area contributed by atoms with Crippen molar-refractivity contribution in [1.82, 2.24) is 0 Å². The Morgan fingerprint density at radius 1 is 1.30 bits per heavy atom. The summed E-state index contributed by atoms with van der Waals surface area (Å²) < 4.78 is 0. The van der Waals surface area contributed by atoms with Crippen molar-refractivity contribution in [3.05, 3.63) is 12.7 Å². The Kier molecular flexibility index (Phi) is 9.33. The van der Waals surface area contributed by atoms with E-state index in [4.69, 9.17) is 0 Å². The van der Waals surface area contributed by atoms with Crippen LogP contribution in [0.5, 0.6) is 0 Å². The van der Waals surface area contributed by atoms with E-state index < -0.39 is 0 Å². The molecule has 0 aliphatic heterocycles. The lowest BCUT2D eigenvalue weighted by molar-refractivity contribution is 0.888. The van der Waals surface area contributed by atoms with Crippen LogP contribution in [0.15, 0.2) is 12.7 Å². The van der Waals surface area contributed by atoms with E-state index in [0.717, 1.165) is 0 Å². The maximum atomic E-state index is 3.70. The smallest absolute Gasteiger partial charge is 0.0350 e. The number of unbranched alkanes of at least 4 members (excludes halogenated alkanes) is 2. The van der Waals surface area contributed by atoms with E-state index in [1.165, 1.54) is 46.6 Å². The fraction of sp³-hybridized carbons (Fsp3) is 0.778. The monoisotopic (exact) mass is 158 g/mol. The van der Waals surface area contributed by atoms with E-state index >= 15 is 0 Å². The van der Waals surface area contributed by atoms with Crippen LogP contribution in [-0.4, -0.2) is 12.3 Å². The standard InChI is InChI=1S/C9H19P/c1-3-5-7-9-10-8-6-4-2/h3,10H,1,4-9H2,2H3. The minimum absolute atomic E-state index is 1.20. The van der Waals surface area contributed by atoms with E-state index in [9.17, 15) is 0 Å². The highest BCUT2D eigenvalue weighted by molar-refractivity contribution is 7.37. The van der Waals surface area contributed by atoms with Crippen LogP contribution in [-0.2, 0) is 0 Å². The normalized spacial score (nSPS) is 10.9. The van der Waals surface area contributed by atoms with Crippen LogP contribution in [0.3, 0.4) is 0 Å². The van der Waals surface area contributed by atoms with Gasteiger partial charge >= 0.3 is 0 Å². The lowest BCUT2D eigenvalue weighted by Crippen LogP contribution is -1.79. The molecule has 0 aromatic heterocycles. The van der Waals surface area contributed by atoms with Crippen LogP contribution in [0.2, 0.25) is 0 Å². The third-order valence-corrected chi connectivity index (χ3v) is 2.88. The second-order valence-corrected chi connectivity index (χ2v) is 4.03. The first-order valence-corrected chi connectivity index (χ1v) is 5.64. The molecule has 0 aliphatic rings. The topological polar surface area (TPSA) is 0 Å². The Morgan fingerprint density at radius 2 is 2.00 bits per heavy atom. The van der Waals surface area contributed by atoms with Gasteiger partial charge in [-0.1, -0.05) is 19.4 Å². The highest BCUT2D eigenvalue weighted by Crippen LogP contribution is 2.14. The Bertz CT molecular complexity index is 69.1. The number of rotatable bonds is 7. The predicted octanol–water partition coefficient (Wildman–Crippen LogP) is 3.43. The van der Waals surface area contributed by atoms with Crippen molar-refractivity contribution >= 4 is 8.58 Å². The summed E-state index contributed by atoms with van der Waals surface area (Å²) in [6, 6.07) is 0. The van der Waals surface area contributed by atoms with Crippen molar-refractivity contribution in [2.45, 2.75) is 32.6 Å². The highest BCUT2D eigenvalue weighted by Gasteiger charge is 1.86. The number of hydrogen-bond donors (Lipinski definition) is 0. The van der Waals surface area contributed by atoms with Gasteiger partial charge in [0.2, 0.25) is 0 Å². The lowest BCUT2D eigenvalue weighted by Gasteiger charge is -1.97. The molecule has 0 saturated carbocycles. The lowest BCUT2D eigenvalue weighted by atomic mass is 10.3. The molecule has 0 rings (SSSR count). The van der Waals surface area contributed by atoms with Gasteiger partial charge in [-0.2, -0.15) is 0 Å². The average molecular weight is 158 g/mol. The summed E-state index contributed by atoms with van der Waals surface area (Å²) in [4.78, 5) is 0. The third kappa shape index (κ3) is 8.17. The molecule has 0 fully saturated rings. The summed E-state index contributed by atoms with van der Waals surface area (Å²) in [6.45, 7) is 5.96. The quantitative estimate of drug-likeness (QED) is 0.302. The Morgan fingerprint density at radius 3 is 2.60 bits per heavy atom. The molecule has 0 amide bonds. The summed E-state index contributed by atoms with van der Waals surface area (Å²) in [7, 11) is 1.20. The molecule has 0 spiro atoms. The van der Waals surface area contributed by atoms with Gasteiger partial charge in [-0.3, -0.25) is 0 Å². The van der Waals surface area contributed by atoms with Crippen molar-refractivity contribution in [1.29, 1.82) is 0 Å². The van der Waals surface area contributed by atoms with E-state index in [1.54, 1.807) is 0 Å². The molecule has 0 heterocycles. The van der Waals surface area contributed by atoms with Crippen LogP contribution in [0.1, 0.15) is 32.6 Å². The first-order chi connectivity index (χ1) is 4.91. The van der Waals surface area contributed by atoms with E-state index in [0.29, 0.717) is 0 Å². The molecule has 0 bridgehead atoms. The summed E-state index contributed by atoms with van der Waals surface area (Å²) in [6.07, 6.45) is 10.2. The van der Waals surface area contributed by atoms with Gasteiger partial charge in [0.1, 0.15) is 0 Å². The Hall–Kier alpha value is 0.170. The fourth-order valence-electron chi connectivity index (χ4n) is 0.798. The van der Waals surface area contributed by atoms with E-state index in [1.807, 2.05) is 6.08 Å². The molecule has 1 unspecified atom stereocenters. The zero-order valence-electron chi connectivity index (χ0n) is 7.03. The van der Waals surface area contributed by atoms with Crippen molar-refractivity contribution in [2.24, 2.45) is 0 Å². The van der Waals surface area contributed by atoms with Crippen molar-refractivity contribution in [3.63, 3.8) is 0 Å². The van der Waals surface area contributed by atoms with E-state index in [2.05, 4.69) is 13.5 Å². The third-order valence-electron chi connectivity index (χ3n) is 1.47. The molecule has 0 nitrogen and oxygen atoms in total. The zero-order chi connectivity index (χ0) is 7.66. The SMILES string of the molecule is C=CCCCPCCCC. The fourth-order valence-corrected chi connectivity index (χ4v) is 2.11. The number of allylic oxidation sites excluding steroid dienone is 1. The van der Waals surface area contributed by atoms with Crippen molar-refractivity contribution in [2.75, 3.05) is 12.3 Å². The van der Waals surface area contributed by atoms with Gasteiger partial charge in [0.05, 0.1) is 0 Å². The molecule has 0 saturated heterocycles. The van der Waals surface area contributed by atoms with Crippen molar-refractivity contribution in [3.8, 4) is 0 Å². The highest BCUT2D eigenvalue weighted by atomic mass is 31.1. The molecule has 0 N–H and O–H groups in total. The van der Waals surface area contributed by atoms with Crippen LogP contribution >= 0.6 is 8.58 Å². The van der Waals surface area contributed by atoms with Gasteiger partial charge in [-0.15, -0.1) is 15.2 Å². The molecule has 1 atom stereocenters. The molecule has 10 heavy (non-hydrogen) atoms. The van der Waals surface area contributed by atoms with Gasteiger partial charge in [-0.05, 0) is 31.6 Å². The van der Waals surface area contributed by atoms with Crippen molar-refractivity contribution < 1.29 is 0 Å². The van der Waals surface area contributed by atoms with Gasteiger partial charge in [0.15, 0.2) is 0 Å². The molecular weight excluding hydrogens is 139 g/mol. The summed E-state index contributed by atoms with van der Waals surface area (Å²) in [5.74, 6) is 0. The van der Waals surface area contributed by atoms with Gasteiger partial charge in [0.25, 0.3) is 0 Å². The summed E-state index contributed by atoms with van der Waals surface area (Å²) in [5, 5.41) is 0. The maximum Gasteiger partial charge on any atom is -0.0350 e. The molecule has 0 aliphatic carbocycles. The summed E-state index contributed by atoms with van der Waals surface area (Å²) in [5.41, 5.74) is 0. The van der Waals surface area contributed by atoms with E-state index in [-0.39, 0.29) is 0 Å². The minimum atomic E-state index is 1.20. The largest absolute Gasteiger partial charge is 0.122 e. The zero-order valence-corrected chi connectivity index (χ0v) is 8.03. The average Bonchev–Trinajstić information content (AvgIpc) is 1.97. The van der Waals surface area contributed by atoms with Gasteiger partial charge in [0, 0.05) is 0 Å². The molecule has 0 aromatic carbocycles. The molecule has 1 heteroatoms. The molecule has 0 aromatic rings.